The third kappa shape index (κ3) is 3.18. The van der Waals surface area contributed by atoms with Crippen molar-refractivity contribution in [3.05, 3.63) is 15.6 Å². The average molecular weight is 296 g/mol. The van der Waals surface area contributed by atoms with E-state index in [1.165, 1.54) is 0 Å². The highest BCUT2D eigenvalue weighted by Gasteiger charge is 2.19. The molecule has 0 saturated heterocycles. The van der Waals surface area contributed by atoms with E-state index in [9.17, 15) is 14.4 Å². The molecule has 0 aliphatic carbocycles. The van der Waals surface area contributed by atoms with Gasteiger partial charge in [0.25, 0.3) is 5.91 Å². The summed E-state index contributed by atoms with van der Waals surface area (Å²) in [6.45, 7) is 1.73. The molecule has 2 rings (SSSR count). The number of hydrazone groups is 1. The van der Waals surface area contributed by atoms with Crippen molar-refractivity contribution in [2.45, 2.75) is 26.3 Å². The lowest BCUT2D eigenvalue weighted by Gasteiger charge is -2.11. The fourth-order valence-electron chi connectivity index (χ4n) is 1.62. The summed E-state index contributed by atoms with van der Waals surface area (Å²) in [5.41, 5.74) is 2.91. The summed E-state index contributed by atoms with van der Waals surface area (Å²) >= 11 is 1.02. The molecule has 106 valence electrons. The molecular weight excluding hydrogens is 284 g/mol. The zero-order chi connectivity index (χ0) is 14.7. The van der Waals surface area contributed by atoms with Crippen LogP contribution in [0.25, 0.3) is 0 Å². The Morgan fingerprint density at radius 3 is 2.75 bits per heavy atom. The fraction of sp³-hybridized carbons (Fsp3) is 0.364. The first kappa shape index (κ1) is 14.1. The molecule has 9 heteroatoms. The van der Waals surface area contributed by atoms with Gasteiger partial charge in [0.15, 0.2) is 0 Å². The summed E-state index contributed by atoms with van der Waals surface area (Å²) in [5, 5.41) is 15.7. The first-order valence-electron chi connectivity index (χ1n) is 5.80. The van der Waals surface area contributed by atoms with Crippen LogP contribution < -0.4 is 10.7 Å². The Morgan fingerprint density at radius 2 is 2.20 bits per heavy atom. The Balaban J connectivity index is 1.95. The van der Waals surface area contributed by atoms with E-state index in [2.05, 4.69) is 20.8 Å². The molecule has 0 saturated carbocycles. The molecule has 1 aliphatic heterocycles. The van der Waals surface area contributed by atoms with Crippen LogP contribution in [0, 0.1) is 6.92 Å². The van der Waals surface area contributed by atoms with Gasteiger partial charge in [0.05, 0.1) is 12.2 Å². The summed E-state index contributed by atoms with van der Waals surface area (Å²) in [7, 11) is 0. The van der Waals surface area contributed by atoms with Gasteiger partial charge in [0.1, 0.15) is 15.6 Å². The van der Waals surface area contributed by atoms with Crippen molar-refractivity contribution in [1.29, 1.82) is 0 Å². The van der Waals surface area contributed by atoms with Crippen LogP contribution in [0.2, 0.25) is 0 Å². The lowest BCUT2D eigenvalue weighted by Crippen LogP contribution is -2.36. The number of nitrogens with one attached hydrogen (secondary N) is 2. The van der Waals surface area contributed by atoms with E-state index in [-0.39, 0.29) is 35.9 Å². The fourth-order valence-corrected chi connectivity index (χ4v) is 2.47. The van der Waals surface area contributed by atoms with Crippen molar-refractivity contribution < 1.29 is 19.5 Å². The van der Waals surface area contributed by atoms with Crippen molar-refractivity contribution >= 4 is 34.8 Å². The number of rotatable bonds is 4. The SMILES string of the molecule is Cc1nc(CNC(=O)C2=NNC(=O)CC2)sc1C(=O)O. The van der Waals surface area contributed by atoms with Crippen LogP contribution in [0.3, 0.4) is 0 Å². The molecule has 1 aliphatic rings. The maximum Gasteiger partial charge on any atom is 0.347 e. The van der Waals surface area contributed by atoms with Gasteiger partial charge in [-0.15, -0.1) is 11.3 Å². The molecule has 0 spiro atoms. The van der Waals surface area contributed by atoms with Crippen LogP contribution in [-0.4, -0.2) is 33.6 Å². The van der Waals surface area contributed by atoms with Crippen LogP contribution in [0.5, 0.6) is 0 Å². The maximum atomic E-state index is 11.8. The topological polar surface area (TPSA) is 121 Å². The van der Waals surface area contributed by atoms with E-state index in [4.69, 9.17) is 5.11 Å². The molecule has 0 radical (unpaired) electrons. The summed E-state index contributed by atoms with van der Waals surface area (Å²) in [5.74, 6) is -1.64. The van der Waals surface area contributed by atoms with Crippen molar-refractivity contribution in [3.8, 4) is 0 Å². The predicted molar refractivity (Wildman–Crippen MR) is 70.5 cm³/mol. The van der Waals surface area contributed by atoms with Crippen LogP contribution in [0.4, 0.5) is 0 Å². The summed E-state index contributed by atoms with van der Waals surface area (Å²) in [6.07, 6.45) is 0.515. The lowest BCUT2D eigenvalue weighted by molar-refractivity contribution is -0.121. The molecule has 0 atom stereocenters. The molecule has 2 amide bonds. The summed E-state index contributed by atoms with van der Waals surface area (Å²) < 4.78 is 0. The van der Waals surface area contributed by atoms with Gasteiger partial charge in [-0.1, -0.05) is 0 Å². The Kier molecular flexibility index (Phi) is 4.08. The van der Waals surface area contributed by atoms with Crippen LogP contribution in [0.15, 0.2) is 5.10 Å². The third-order valence-electron chi connectivity index (χ3n) is 2.60. The molecule has 2 heterocycles. The molecule has 1 aromatic rings. The number of nitrogens with zero attached hydrogens (tertiary/aromatic N) is 2. The number of carboxylic acids is 1. The highest BCUT2D eigenvalue weighted by molar-refractivity contribution is 7.13. The van der Waals surface area contributed by atoms with Gasteiger partial charge in [0.2, 0.25) is 5.91 Å². The van der Waals surface area contributed by atoms with Crippen molar-refractivity contribution in [2.24, 2.45) is 5.10 Å². The number of carboxylic acid groups (broad SMARTS) is 1. The monoisotopic (exact) mass is 296 g/mol. The molecule has 0 fully saturated rings. The summed E-state index contributed by atoms with van der Waals surface area (Å²) in [4.78, 5) is 37.8. The second-order valence-corrected chi connectivity index (χ2v) is 5.19. The quantitative estimate of drug-likeness (QED) is 0.724. The highest BCUT2D eigenvalue weighted by atomic mass is 32.1. The number of thiazole rings is 1. The molecule has 1 aromatic heterocycles. The lowest BCUT2D eigenvalue weighted by atomic mass is 10.1. The number of carbonyl (C=O) groups excluding carboxylic acids is 2. The molecule has 8 nitrogen and oxygen atoms in total. The second kappa shape index (κ2) is 5.78. The van der Waals surface area contributed by atoms with E-state index in [1.54, 1.807) is 6.92 Å². The molecule has 0 bridgehead atoms. The Bertz CT molecular complexity index is 608. The number of hydrogen-bond acceptors (Lipinski definition) is 6. The number of hydrogen-bond donors (Lipinski definition) is 3. The van der Waals surface area contributed by atoms with Gasteiger partial charge in [-0.2, -0.15) is 5.10 Å². The van der Waals surface area contributed by atoms with Gasteiger partial charge >= 0.3 is 5.97 Å². The summed E-state index contributed by atoms with van der Waals surface area (Å²) in [6, 6.07) is 0. The molecule has 0 aromatic carbocycles. The van der Waals surface area contributed by atoms with E-state index >= 15 is 0 Å². The zero-order valence-corrected chi connectivity index (χ0v) is 11.4. The van der Waals surface area contributed by atoms with Gasteiger partial charge in [-0.3, -0.25) is 9.59 Å². The van der Waals surface area contributed by atoms with Gasteiger partial charge in [-0.25, -0.2) is 15.2 Å². The second-order valence-electron chi connectivity index (χ2n) is 4.10. The number of aryl methyl sites for hydroxylation is 1. The largest absolute Gasteiger partial charge is 0.477 e. The van der Waals surface area contributed by atoms with Gasteiger partial charge in [-0.05, 0) is 6.92 Å². The number of carbonyl (C=O) groups is 3. The van der Waals surface area contributed by atoms with E-state index in [0.29, 0.717) is 10.7 Å². The Hall–Kier alpha value is -2.29. The smallest absolute Gasteiger partial charge is 0.347 e. The first-order valence-corrected chi connectivity index (χ1v) is 6.62. The normalized spacial score (nSPS) is 14.4. The molecular formula is C11H12N4O4S. The minimum Gasteiger partial charge on any atom is -0.477 e. The van der Waals surface area contributed by atoms with Crippen LogP contribution >= 0.6 is 11.3 Å². The van der Waals surface area contributed by atoms with Crippen LogP contribution in [-0.2, 0) is 16.1 Å². The Morgan fingerprint density at radius 1 is 1.45 bits per heavy atom. The van der Waals surface area contributed by atoms with Crippen LogP contribution in [0.1, 0.15) is 33.2 Å². The van der Waals surface area contributed by atoms with E-state index in [1.807, 2.05) is 0 Å². The van der Waals surface area contributed by atoms with Gasteiger partial charge < -0.3 is 10.4 Å². The predicted octanol–water partition coefficient (Wildman–Crippen LogP) is 0.0319. The Labute approximate surface area is 117 Å². The minimum absolute atomic E-state index is 0.130. The minimum atomic E-state index is -1.03. The first-order chi connectivity index (χ1) is 9.47. The van der Waals surface area contributed by atoms with Gasteiger partial charge in [0, 0.05) is 12.8 Å². The van der Waals surface area contributed by atoms with E-state index < -0.39 is 11.9 Å². The average Bonchev–Trinajstić information content (AvgIpc) is 2.78. The molecule has 3 N–H and O–H groups in total. The van der Waals surface area contributed by atoms with Crippen molar-refractivity contribution in [3.63, 3.8) is 0 Å². The van der Waals surface area contributed by atoms with Crippen molar-refractivity contribution in [1.82, 2.24) is 15.7 Å². The standard InChI is InChI=1S/C11H12N4O4S/c1-5-9(11(18)19)20-8(13-5)4-12-10(17)6-2-3-7(16)15-14-6/h2-4H2,1H3,(H,12,17)(H,15,16)(H,18,19). The maximum absolute atomic E-state index is 11.8. The van der Waals surface area contributed by atoms with E-state index in [0.717, 1.165) is 11.3 Å². The number of aromatic carboxylic acids is 1. The zero-order valence-electron chi connectivity index (χ0n) is 10.6. The highest BCUT2D eigenvalue weighted by Crippen LogP contribution is 2.17. The van der Waals surface area contributed by atoms with Crippen molar-refractivity contribution in [2.75, 3.05) is 0 Å². The molecule has 0 unspecified atom stereocenters. The number of amides is 2. The third-order valence-corrected chi connectivity index (χ3v) is 3.75. The molecule has 20 heavy (non-hydrogen) atoms. The number of aromatic nitrogens is 1.